The summed E-state index contributed by atoms with van der Waals surface area (Å²) in [5, 5.41) is 3.90. The molecule has 55 heavy (non-hydrogen) atoms. The number of hydrogen-bond acceptors (Lipinski definition) is 7. The molecule has 1 aliphatic heterocycles. The molecule has 1 aliphatic carbocycles. The van der Waals surface area contributed by atoms with Gasteiger partial charge in [0.15, 0.2) is 0 Å². The number of carbonyl (C=O) groups is 4. The van der Waals surface area contributed by atoms with Gasteiger partial charge in [-0.15, -0.1) is 0 Å². The van der Waals surface area contributed by atoms with Crippen LogP contribution in [0.5, 0.6) is 0 Å². The van der Waals surface area contributed by atoms with Crippen LogP contribution in [0.25, 0.3) is 22.0 Å². The number of hydrogen-bond donors (Lipinski definition) is 1. The summed E-state index contributed by atoms with van der Waals surface area (Å²) in [5.74, 6) is -1.18. The van der Waals surface area contributed by atoms with Crippen molar-refractivity contribution in [2.24, 2.45) is 5.92 Å². The first-order valence-electron chi connectivity index (χ1n) is 19.3. The number of ether oxygens (including phenoxy) is 3. The third-order valence-corrected chi connectivity index (χ3v) is 10.4. The van der Waals surface area contributed by atoms with Gasteiger partial charge in [-0.3, -0.25) is 14.4 Å². The van der Waals surface area contributed by atoms with Gasteiger partial charge >= 0.3 is 12.1 Å². The second-order valence-corrected chi connectivity index (χ2v) is 15.6. The molecule has 0 spiro atoms. The Morgan fingerprint density at radius 1 is 0.909 bits per heavy atom. The van der Waals surface area contributed by atoms with Crippen molar-refractivity contribution >= 4 is 34.8 Å². The van der Waals surface area contributed by atoms with Gasteiger partial charge in [0.25, 0.3) is 5.91 Å². The van der Waals surface area contributed by atoms with E-state index in [4.69, 9.17) is 9.47 Å². The third kappa shape index (κ3) is 9.94. The minimum Gasteiger partial charge on any atom is -0.469 e. The van der Waals surface area contributed by atoms with E-state index in [1.54, 1.807) is 24.1 Å². The Hall–Kier alpha value is -5.16. The summed E-state index contributed by atoms with van der Waals surface area (Å²) in [4.78, 5) is 56.3. The lowest BCUT2D eigenvalue weighted by atomic mass is 9.79. The fraction of sp³-hybridized carbons (Fsp3) is 0.455. The van der Waals surface area contributed by atoms with Crippen molar-refractivity contribution in [1.82, 2.24) is 19.7 Å². The zero-order valence-corrected chi connectivity index (χ0v) is 32.7. The van der Waals surface area contributed by atoms with Crippen molar-refractivity contribution in [2.45, 2.75) is 83.5 Å². The number of amides is 3. The number of likely N-dealkylation sites (tertiary alicyclic amines) is 1. The van der Waals surface area contributed by atoms with Gasteiger partial charge in [0.05, 0.1) is 19.4 Å². The normalized spacial score (nSPS) is 17.1. The Bertz CT molecular complexity index is 1980. The van der Waals surface area contributed by atoms with Crippen molar-refractivity contribution in [3.8, 4) is 11.1 Å². The van der Waals surface area contributed by atoms with Gasteiger partial charge in [-0.2, -0.15) is 0 Å². The van der Waals surface area contributed by atoms with Crippen LogP contribution in [0.2, 0.25) is 0 Å². The Kier molecular flexibility index (Phi) is 12.6. The summed E-state index contributed by atoms with van der Waals surface area (Å²) in [7, 11) is 3.04. The zero-order valence-electron chi connectivity index (χ0n) is 32.7. The standard InChI is InChI=1S/C44H54N4O7/c1-44(2,3)55-43(52)47-24-21-36(33-11-8-10-32(26-33)30-14-16-31(17-15-30)41(50)45-22-20-40(49)54-5)38(29-47)42(51)48(35-18-19-35)28-34-27-46(23-9-25-53-4)39-13-7-6-12-37(34)39/h6-8,10-17,26-27,35-36,38H,9,18-25,28-29H2,1-5H3,(H,45,50)/t36-,38+/m1/s1. The molecule has 2 fully saturated rings. The SMILES string of the molecule is COCCCn1cc(CN(C(=O)[C@H]2CN(C(=O)OC(C)(C)C)CC[C@@H]2c2cccc(-c3ccc(C(=O)NCCC(=O)OC)cc3)c2)C2CC2)c2ccccc21. The highest BCUT2D eigenvalue weighted by Gasteiger charge is 2.43. The number of aromatic nitrogens is 1. The molecule has 1 saturated heterocycles. The van der Waals surface area contributed by atoms with Crippen LogP contribution in [0.4, 0.5) is 4.79 Å². The van der Waals surface area contributed by atoms with Crippen LogP contribution in [0.15, 0.2) is 79.0 Å². The number of benzene rings is 3. The van der Waals surface area contributed by atoms with Crippen LogP contribution in [0.3, 0.4) is 0 Å². The third-order valence-electron chi connectivity index (χ3n) is 10.4. The minimum atomic E-state index is -0.654. The van der Waals surface area contributed by atoms with Crippen molar-refractivity contribution in [3.63, 3.8) is 0 Å². The number of aryl methyl sites for hydroxylation is 1. The Balaban J connectivity index is 1.26. The summed E-state index contributed by atoms with van der Waals surface area (Å²) >= 11 is 0. The van der Waals surface area contributed by atoms with Gasteiger partial charge in [0.2, 0.25) is 5.91 Å². The fourth-order valence-corrected chi connectivity index (χ4v) is 7.52. The van der Waals surface area contributed by atoms with Crippen LogP contribution in [0.1, 0.15) is 80.3 Å². The molecule has 1 N–H and O–H groups in total. The van der Waals surface area contributed by atoms with E-state index < -0.39 is 17.6 Å². The zero-order chi connectivity index (χ0) is 39.1. The summed E-state index contributed by atoms with van der Waals surface area (Å²) in [6.45, 7) is 8.51. The number of piperidine rings is 1. The van der Waals surface area contributed by atoms with E-state index in [-0.39, 0.29) is 49.3 Å². The fourth-order valence-electron chi connectivity index (χ4n) is 7.52. The van der Waals surface area contributed by atoms with Gasteiger partial charge in [0, 0.05) is 75.1 Å². The number of nitrogens with one attached hydrogen (secondary N) is 1. The highest BCUT2D eigenvalue weighted by Crippen LogP contribution is 2.40. The molecule has 0 unspecified atom stereocenters. The number of fused-ring (bicyclic) bond motifs is 1. The predicted octanol–water partition coefficient (Wildman–Crippen LogP) is 7.17. The van der Waals surface area contributed by atoms with Crippen LogP contribution in [-0.2, 0) is 36.9 Å². The lowest BCUT2D eigenvalue weighted by Gasteiger charge is -2.40. The maximum Gasteiger partial charge on any atom is 0.410 e. The molecule has 4 aromatic rings. The average molecular weight is 751 g/mol. The first-order chi connectivity index (χ1) is 26.5. The van der Waals surface area contributed by atoms with Crippen molar-refractivity contribution in [3.05, 3.63) is 95.7 Å². The molecular weight excluding hydrogens is 697 g/mol. The van der Waals surface area contributed by atoms with E-state index in [9.17, 15) is 14.4 Å². The Labute approximate surface area is 323 Å². The van der Waals surface area contributed by atoms with E-state index >= 15 is 4.79 Å². The smallest absolute Gasteiger partial charge is 0.410 e. The molecule has 3 amide bonds. The number of methoxy groups -OCH3 is 2. The molecule has 292 valence electrons. The maximum absolute atomic E-state index is 15.0. The number of esters is 1. The van der Waals surface area contributed by atoms with E-state index in [1.165, 1.54) is 7.11 Å². The van der Waals surface area contributed by atoms with Crippen LogP contribution in [-0.4, -0.2) is 90.3 Å². The van der Waals surface area contributed by atoms with Gasteiger partial charge < -0.3 is 33.9 Å². The summed E-state index contributed by atoms with van der Waals surface area (Å²) in [6, 6.07) is 24.1. The Morgan fingerprint density at radius 3 is 2.38 bits per heavy atom. The monoisotopic (exact) mass is 750 g/mol. The molecule has 6 rings (SSSR count). The molecule has 11 heteroatoms. The molecule has 2 heterocycles. The van der Waals surface area contributed by atoms with E-state index in [1.807, 2.05) is 51.1 Å². The highest BCUT2D eigenvalue weighted by atomic mass is 16.6. The number of carbonyl (C=O) groups excluding carboxylic acids is 4. The van der Waals surface area contributed by atoms with Crippen molar-refractivity contribution in [2.75, 3.05) is 40.5 Å². The number of para-hydroxylation sites is 1. The maximum atomic E-state index is 15.0. The molecule has 1 saturated carbocycles. The van der Waals surface area contributed by atoms with Crippen LogP contribution in [0, 0.1) is 5.92 Å². The van der Waals surface area contributed by atoms with Gasteiger partial charge in [-0.1, -0.05) is 54.6 Å². The quantitative estimate of drug-likeness (QED) is 0.107. The molecule has 2 atom stereocenters. The van der Waals surface area contributed by atoms with Crippen molar-refractivity contribution < 1.29 is 33.4 Å². The largest absolute Gasteiger partial charge is 0.469 e. The molecule has 1 aromatic heterocycles. The lowest BCUT2D eigenvalue weighted by molar-refractivity contribution is -0.140. The molecule has 3 aromatic carbocycles. The average Bonchev–Trinajstić information content (AvgIpc) is 3.97. The first-order valence-corrected chi connectivity index (χ1v) is 19.3. The Morgan fingerprint density at radius 2 is 1.67 bits per heavy atom. The van der Waals surface area contributed by atoms with Crippen LogP contribution < -0.4 is 5.32 Å². The van der Waals surface area contributed by atoms with Crippen LogP contribution >= 0.6 is 0 Å². The minimum absolute atomic E-state index is 0.0601. The lowest BCUT2D eigenvalue weighted by Crippen LogP contribution is -2.51. The van der Waals surface area contributed by atoms with E-state index in [0.717, 1.165) is 59.0 Å². The number of rotatable bonds is 14. The highest BCUT2D eigenvalue weighted by molar-refractivity contribution is 5.95. The van der Waals surface area contributed by atoms with E-state index in [2.05, 4.69) is 56.0 Å². The van der Waals surface area contributed by atoms with Gasteiger partial charge in [0.1, 0.15) is 5.60 Å². The van der Waals surface area contributed by atoms with Gasteiger partial charge in [-0.05, 0) is 92.8 Å². The predicted molar refractivity (Wildman–Crippen MR) is 212 cm³/mol. The molecule has 11 nitrogen and oxygen atoms in total. The summed E-state index contributed by atoms with van der Waals surface area (Å²) in [5.41, 5.74) is 5.04. The second-order valence-electron chi connectivity index (χ2n) is 15.6. The molecule has 0 bridgehead atoms. The second kappa shape index (κ2) is 17.5. The number of nitrogens with zero attached hydrogens (tertiary/aromatic N) is 3. The molecular formula is C44H54N4O7. The van der Waals surface area contributed by atoms with Crippen molar-refractivity contribution in [1.29, 1.82) is 0 Å². The summed E-state index contributed by atoms with van der Waals surface area (Å²) < 4.78 is 18.0. The topological polar surface area (TPSA) is 119 Å². The first kappa shape index (κ1) is 39.5. The van der Waals surface area contributed by atoms with E-state index in [0.29, 0.717) is 31.7 Å². The molecule has 0 radical (unpaired) electrons. The van der Waals surface area contributed by atoms with Gasteiger partial charge in [-0.25, -0.2) is 4.79 Å². The molecule has 2 aliphatic rings. The summed E-state index contributed by atoms with van der Waals surface area (Å²) in [6.07, 6.45) is 5.31.